The van der Waals surface area contributed by atoms with Crippen molar-refractivity contribution in [2.75, 3.05) is 25.0 Å². The van der Waals surface area contributed by atoms with Gasteiger partial charge in [0.15, 0.2) is 0 Å². The number of hydrogen-bond acceptors (Lipinski definition) is 3. The van der Waals surface area contributed by atoms with Crippen LogP contribution in [0.15, 0.2) is 33.7 Å². The molecule has 0 saturated heterocycles. The summed E-state index contributed by atoms with van der Waals surface area (Å²) < 4.78 is 1.52. The van der Waals surface area contributed by atoms with Crippen LogP contribution in [0, 0.1) is 6.92 Å². The molecule has 0 atom stereocenters. The second kappa shape index (κ2) is 8.31. The Morgan fingerprint density at radius 1 is 1.33 bits per heavy atom. The topological polar surface area (TPSA) is 69.6 Å². The molecule has 114 valence electrons. The van der Waals surface area contributed by atoms with Crippen molar-refractivity contribution in [1.29, 1.82) is 0 Å². The molecule has 0 unspecified atom stereocenters. The largest absolute Gasteiger partial charge is 0.480 e. The SMILES string of the molecule is C=CCN(CC(=O)O)CC(=O)Nc1c(Br)cc(C)cc1Br. The molecule has 0 saturated carbocycles. The van der Waals surface area contributed by atoms with Crippen LogP contribution in [0.25, 0.3) is 0 Å². The standard InChI is InChI=1S/C14H16Br2N2O3/c1-3-4-18(8-13(20)21)7-12(19)17-14-10(15)5-9(2)6-11(14)16/h3,5-6H,1,4,7-8H2,2H3,(H,17,19)(H,20,21). The first-order valence-electron chi connectivity index (χ1n) is 6.14. The van der Waals surface area contributed by atoms with E-state index >= 15 is 0 Å². The summed E-state index contributed by atoms with van der Waals surface area (Å²) in [4.78, 5) is 24.3. The summed E-state index contributed by atoms with van der Waals surface area (Å²) in [5.74, 6) is -1.27. The molecule has 1 amide bonds. The van der Waals surface area contributed by atoms with Gasteiger partial charge >= 0.3 is 5.97 Å². The number of hydrogen-bond donors (Lipinski definition) is 2. The molecule has 0 radical (unpaired) electrons. The Morgan fingerprint density at radius 2 is 1.90 bits per heavy atom. The first-order valence-corrected chi connectivity index (χ1v) is 7.72. The molecular formula is C14H16Br2N2O3. The summed E-state index contributed by atoms with van der Waals surface area (Å²) in [6, 6.07) is 3.78. The Morgan fingerprint density at radius 3 is 2.38 bits per heavy atom. The van der Waals surface area contributed by atoms with Crippen LogP contribution in [0.4, 0.5) is 5.69 Å². The van der Waals surface area contributed by atoms with Gasteiger partial charge in [0, 0.05) is 15.5 Å². The lowest BCUT2D eigenvalue weighted by Crippen LogP contribution is -2.37. The van der Waals surface area contributed by atoms with E-state index in [0.29, 0.717) is 12.2 Å². The predicted octanol–water partition coefficient (Wildman–Crippen LogP) is 3.03. The molecule has 0 aliphatic heterocycles. The van der Waals surface area contributed by atoms with Gasteiger partial charge in [0.2, 0.25) is 5.91 Å². The van der Waals surface area contributed by atoms with Gasteiger partial charge in [-0.2, -0.15) is 0 Å². The van der Waals surface area contributed by atoms with Crippen molar-refractivity contribution in [1.82, 2.24) is 4.90 Å². The first kappa shape index (κ1) is 17.9. The van der Waals surface area contributed by atoms with Crippen LogP contribution in [0.5, 0.6) is 0 Å². The zero-order valence-corrected chi connectivity index (χ0v) is 14.7. The van der Waals surface area contributed by atoms with Crippen molar-refractivity contribution < 1.29 is 14.7 Å². The van der Waals surface area contributed by atoms with Crippen LogP contribution in [-0.2, 0) is 9.59 Å². The van der Waals surface area contributed by atoms with Crippen molar-refractivity contribution in [3.63, 3.8) is 0 Å². The molecule has 0 aromatic heterocycles. The molecule has 0 aliphatic rings. The number of aryl methyl sites for hydroxylation is 1. The van der Waals surface area contributed by atoms with Gasteiger partial charge in [0.05, 0.1) is 18.8 Å². The zero-order valence-electron chi connectivity index (χ0n) is 11.5. The molecule has 0 fully saturated rings. The molecule has 21 heavy (non-hydrogen) atoms. The van der Waals surface area contributed by atoms with Crippen molar-refractivity contribution in [3.05, 3.63) is 39.3 Å². The molecule has 1 aromatic carbocycles. The first-order chi connectivity index (χ1) is 9.83. The average Bonchev–Trinajstić information content (AvgIpc) is 2.33. The Hall–Kier alpha value is -1.18. The Balaban J connectivity index is 2.76. The normalized spacial score (nSPS) is 10.5. The number of rotatable bonds is 7. The van der Waals surface area contributed by atoms with Crippen molar-refractivity contribution in [2.45, 2.75) is 6.92 Å². The van der Waals surface area contributed by atoms with E-state index in [1.807, 2.05) is 19.1 Å². The lowest BCUT2D eigenvalue weighted by atomic mass is 10.2. The van der Waals surface area contributed by atoms with Crippen LogP contribution in [0.1, 0.15) is 5.56 Å². The number of nitrogens with zero attached hydrogens (tertiary/aromatic N) is 1. The maximum Gasteiger partial charge on any atom is 0.317 e. The van der Waals surface area contributed by atoms with Gasteiger partial charge in [0.1, 0.15) is 0 Å². The third-order valence-electron chi connectivity index (χ3n) is 2.56. The molecule has 5 nitrogen and oxygen atoms in total. The predicted molar refractivity (Wildman–Crippen MR) is 89.5 cm³/mol. The molecular weight excluding hydrogens is 404 g/mol. The number of nitrogens with one attached hydrogen (secondary N) is 1. The average molecular weight is 420 g/mol. The van der Waals surface area contributed by atoms with Crippen LogP contribution >= 0.6 is 31.9 Å². The third kappa shape index (κ3) is 5.99. The fraction of sp³-hybridized carbons (Fsp3) is 0.286. The van der Waals surface area contributed by atoms with Crippen LogP contribution in [-0.4, -0.2) is 41.5 Å². The van der Waals surface area contributed by atoms with Crippen LogP contribution in [0.2, 0.25) is 0 Å². The van der Waals surface area contributed by atoms with E-state index in [1.165, 1.54) is 4.90 Å². The van der Waals surface area contributed by atoms with Gasteiger partial charge in [-0.3, -0.25) is 14.5 Å². The smallest absolute Gasteiger partial charge is 0.317 e. The Labute approximate surface area is 140 Å². The number of carbonyl (C=O) groups is 2. The summed E-state index contributed by atoms with van der Waals surface area (Å²) >= 11 is 6.79. The monoisotopic (exact) mass is 418 g/mol. The Bertz CT molecular complexity index is 538. The summed E-state index contributed by atoms with van der Waals surface area (Å²) in [5, 5.41) is 11.6. The molecule has 7 heteroatoms. The minimum Gasteiger partial charge on any atom is -0.480 e. The maximum atomic E-state index is 12.0. The molecule has 0 aliphatic carbocycles. The minimum atomic E-state index is -0.984. The number of halogens is 2. The van der Waals surface area contributed by atoms with Gasteiger partial charge < -0.3 is 10.4 Å². The number of aliphatic carboxylic acids is 1. The van der Waals surface area contributed by atoms with Gasteiger partial charge in [-0.25, -0.2) is 0 Å². The quantitative estimate of drug-likeness (QED) is 0.666. The highest BCUT2D eigenvalue weighted by molar-refractivity contribution is 9.11. The van der Waals surface area contributed by atoms with E-state index in [0.717, 1.165) is 14.5 Å². The van der Waals surface area contributed by atoms with E-state index < -0.39 is 5.97 Å². The summed E-state index contributed by atoms with van der Waals surface area (Å²) in [5.41, 5.74) is 1.67. The van der Waals surface area contributed by atoms with Crippen LogP contribution < -0.4 is 5.32 Å². The highest BCUT2D eigenvalue weighted by Gasteiger charge is 2.15. The van der Waals surface area contributed by atoms with Crippen molar-refractivity contribution in [2.24, 2.45) is 0 Å². The van der Waals surface area contributed by atoms with Crippen molar-refractivity contribution >= 4 is 49.4 Å². The summed E-state index contributed by atoms with van der Waals surface area (Å²) in [7, 11) is 0. The fourth-order valence-corrected chi connectivity index (χ4v) is 3.37. The minimum absolute atomic E-state index is 0.0227. The molecule has 0 bridgehead atoms. The van der Waals surface area contributed by atoms with Gasteiger partial charge in [0.25, 0.3) is 0 Å². The molecule has 0 heterocycles. The van der Waals surface area contributed by atoms with Gasteiger partial charge in [-0.1, -0.05) is 6.08 Å². The van der Waals surface area contributed by atoms with Gasteiger partial charge in [-0.05, 0) is 56.5 Å². The number of carbonyl (C=O) groups excluding carboxylic acids is 1. The van der Waals surface area contributed by atoms with E-state index in [4.69, 9.17) is 5.11 Å². The van der Waals surface area contributed by atoms with Crippen molar-refractivity contribution in [3.8, 4) is 0 Å². The number of anilines is 1. The number of benzene rings is 1. The lowest BCUT2D eigenvalue weighted by molar-refractivity contribution is -0.138. The molecule has 2 N–H and O–H groups in total. The Kier molecular flexibility index (Phi) is 7.07. The third-order valence-corrected chi connectivity index (χ3v) is 3.82. The number of carboxylic acids is 1. The fourth-order valence-electron chi connectivity index (χ4n) is 1.76. The van der Waals surface area contributed by atoms with E-state index in [2.05, 4.69) is 43.8 Å². The molecule has 0 spiro atoms. The van der Waals surface area contributed by atoms with E-state index in [-0.39, 0.29) is 19.0 Å². The lowest BCUT2D eigenvalue weighted by Gasteiger charge is -2.18. The zero-order chi connectivity index (χ0) is 16.0. The van der Waals surface area contributed by atoms with Gasteiger partial charge in [-0.15, -0.1) is 6.58 Å². The summed E-state index contributed by atoms with van der Waals surface area (Å²) in [6.07, 6.45) is 1.56. The number of carboxylic acid groups (broad SMARTS) is 1. The second-order valence-electron chi connectivity index (χ2n) is 4.50. The van der Waals surface area contributed by atoms with E-state index in [1.54, 1.807) is 6.08 Å². The summed E-state index contributed by atoms with van der Waals surface area (Å²) in [6.45, 7) is 5.59. The number of amides is 1. The highest BCUT2D eigenvalue weighted by Crippen LogP contribution is 2.32. The maximum absolute atomic E-state index is 12.0. The molecule has 1 aromatic rings. The highest BCUT2D eigenvalue weighted by atomic mass is 79.9. The van der Waals surface area contributed by atoms with E-state index in [9.17, 15) is 9.59 Å². The second-order valence-corrected chi connectivity index (χ2v) is 6.21. The molecule has 1 rings (SSSR count). The van der Waals surface area contributed by atoms with Crippen LogP contribution in [0.3, 0.4) is 0 Å².